The molecule has 0 aromatic carbocycles. The molecule has 0 saturated carbocycles. The Bertz CT molecular complexity index is 537. The number of aryl methyl sites for hydroxylation is 2. The van der Waals surface area contributed by atoms with E-state index in [-0.39, 0.29) is 4.75 Å². The van der Waals surface area contributed by atoms with Crippen LogP contribution >= 0.6 is 27.7 Å². The highest BCUT2D eigenvalue weighted by Gasteiger charge is 2.38. The van der Waals surface area contributed by atoms with E-state index in [2.05, 4.69) is 31.1 Å². The van der Waals surface area contributed by atoms with Crippen LogP contribution in [-0.4, -0.2) is 49.8 Å². The number of halogens is 1. The second-order valence-electron chi connectivity index (χ2n) is 5.43. The Hall–Kier alpha value is -0.730. The van der Waals surface area contributed by atoms with Crippen LogP contribution < -0.4 is 5.73 Å². The van der Waals surface area contributed by atoms with Crippen LogP contribution in [0.3, 0.4) is 0 Å². The van der Waals surface area contributed by atoms with Crippen LogP contribution in [0.2, 0.25) is 0 Å². The molecule has 1 aliphatic rings. The predicted molar refractivity (Wildman–Crippen MR) is 89.8 cm³/mol. The predicted octanol–water partition coefficient (Wildman–Crippen LogP) is 1.94. The van der Waals surface area contributed by atoms with E-state index in [0.29, 0.717) is 5.84 Å². The third-order valence-corrected chi connectivity index (χ3v) is 6.69. The number of amidine groups is 1. The fraction of sp³-hybridized carbons (Fsp3) is 0.692. The van der Waals surface area contributed by atoms with Crippen molar-refractivity contribution in [2.24, 2.45) is 17.9 Å². The van der Waals surface area contributed by atoms with E-state index in [9.17, 15) is 0 Å². The summed E-state index contributed by atoms with van der Waals surface area (Å²) < 4.78 is 2.78. The van der Waals surface area contributed by atoms with Gasteiger partial charge in [-0.1, -0.05) is 5.16 Å². The van der Waals surface area contributed by atoms with Crippen LogP contribution in [0.4, 0.5) is 0 Å². The Morgan fingerprint density at radius 2 is 2.14 bits per heavy atom. The molecule has 8 heteroatoms. The molecule has 0 aliphatic carbocycles. The van der Waals surface area contributed by atoms with Crippen LogP contribution in [0.25, 0.3) is 0 Å². The summed E-state index contributed by atoms with van der Waals surface area (Å²) in [6.45, 7) is 4.71. The Morgan fingerprint density at radius 1 is 1.52 bits per heavy atom. The minimum atomic E-state index is -0.231. The van der Waals surface area contributed by atoms with Crippen LogP contribution in [0.5, 0.6) is 0 Å². The second kappa shape index (κ2) is 6.58. The SMILES string of the molecule is CSC1(C(N)=NO)CCN(Cc2c(Br)c(C)nn2C)CC1. The number of likely N-dealkylation sites (tertiary alicyclic amines) is 1. The first-order chi connectivity index (χ1) is 9.93. The van der Waals surface area contributed by atoms with E-state index in [1.807, 2.05) is 24.9 Å². The van der Waals surface area contributed by atoms with Crippen LogP contribution in [0, 0.1) is 6.92 Å². The summed E-state index contributed by atoms with van der Waals surface area (Å²) in [6, 6.07) is 0. The number of nitrogens with zero attached hydrogens (tertiary/aromatic N) is 4. The van der Waals surface area contributed by atoms with Gasteiger partial charge in [0.1, 0.15) is 0 Å². The van der Waals surface area contributed by atoms with Crippen molar-refractivity contribution in [3.05, 3.63) is 15.9 Å². The summed E-state index contributed by atoms with van der Waals surface area (Å²) in [5, 5.41) is 16.6. The van der Waals surface area contributed by atoms with Gasteiger partial charge < -0.3 is 10.9 Å². The number of rotatable bonds is 4. The van der Waals surface area contributed by atoms with Gasteiger partial charge in [-0.2, -0.15) is 16.9 Å². The van der Waals surface area contributed by atoms with Crippen LogP contribution in [-0.2, 0) is 13.6 Å². The third kappa shape index (κ3) is 3.22. The molecule has 0 radical (unpaired) electrons. The molecule has 1 aliphatic heterocycles. The molecule has 6 nitrogen and oxygen atoms in total. The molecule has 0 amide bonds. The normalized spacial score (nSPS) is 19.9. The van der Waals surface area contributed by atoms with Crippen molar-refractivity contribution in [1.29, 1.82) is 0 Å². The summed E-state index contributed by atoms with van der Waals surface area (Å²) in [5.74, 6) is 0.340. The monoisotopic (exact) mass is 375 g/mol. The molecular weight excluding hydrogens is 354 g/mol. The van der Waals surface area contributed by atoms with Crippen LogP contribution in [0.1, 0.15) is 24.2 Å². The molecule has 0 atom stereocenters. The largest absolute Gasteiger partial charge is 0.409 e. The van der Waals surface area contributed by atoms with Gasteiger partial charge in [-0.3, -0.25) is 9.58 Å². The molecule has 2 heterocycles. The Labute approximate surface area is 137 Å². The summed E-state index contributed by atoms with van der Waals surface area (Å²) >= 11 is 5.29. The third-order valence-electron chi connectivity index (χ3n) is 4.26. The second-order valence-corrected chi connectivity index (χ2v) is 7.41. The summed E-state index contributed by atoms with van der Waals surface area (Å²) in [5.41, 5.74) is 8.08. The van der Waals surface area contributed by atoms with E-state index in [1.165, 1.54) is 5.69 Å². The van der Waals surface area contributed by atoms with E-state index in [1.54, 1.807) is 11.8 Å². The molecular formula is C13H22BrN5OS. The zero-order valence-corrected chi connectivity index (χ0v) is 15.0. The minimum Gasteiger partial charge on any atom is -0.409 e. The van der Waals surface area contributed by atoms with Crippen molar-refractivity contribution < 1.29 is 5.21 Å². The van der Waals surface area contributed by atoms with Crippen molar-refractivity contribution in [1.82, 2.24) is 14.7 Å². The molecule has 0 bridgehead atoms. The number of aromatic nitrogens is 2. The van der Waals surface area contributed by atoms with Gasteiger partial charge in [0, 0.05) is 26.7 Å². The maximum atomic E-state index is 8.98. The Morgan fingerprint density at radius 3 is 2.57 bits per heavy atom. The molecule has 1 aromatic heterocycles. The zero-order chi connectivity index (χ0) is 15.6. The van der Waals surface area contributed by atoms with Gasteiger partial charge in [-0.05, 0) is 42.0 Å². The van der Waals surface area contributed by atoms with Gasteiger partial charge in [0.25, 0.3) is 0 Å². The van der Waals surface area contributed by atoms with E-state index >= 15 is 0 Å². The lowest BCUT2D eigenvalue weighted by Crippen LogP contribution is -2.50. The quantitative estimate of drug-likeness (QED) is 0.363. The van der Waals surface area contributed by atoms with Gasteiger partial charge in [0.2, 0.25) is 0 Å². The number of nitrogens with two attached hydrogens (primary N) is 1. The Kier molecular flexibility index (Phi) is 5.21. The lowest BCUT2D eigenvalue weighted by atomic mass is 9.94. The molecule has 21 heavy (non-hydrogen) atoms. The van der Waals surface area contributed by atoms with E-state index < -0.39 is 0 Å². The van der Waals surface area contributed by atoms with E-state index in [4.69, 9.17) is 10.9 Å². The highest BCUT2D eigenvalue weighted by molar-refractivity contribution is 9.10. The highest BCUT2D eigenvalue weighted by Crippen LogP contribution is 2.35. The van der Waals surface area contributed by atoms with Crippen molar-refractivity contribution in [2.75, 3.05) is 19.3 Å². The number of thioether (sulfide) groups is 1. The van der Waals surface area contributed by atoms with E-state index in [0.717, 1.165) is 42.6 Å². The zero-order valence-electron chi connectivity index (χ0n) is 12.6. The maximum Gasteiger partial charge on any atom is 0.155 e. The fourth-order valence-electron chi connectivity index (χ4n) is 2.79. The molecule has 1 fully saturated rings. The van der Waals surface area contributed by atoms with Crippen molar-refractivity contribution >= 4 is 33.5 Å². The average Bonchev–Trinajstić information content (AvgIpc) is 2.74. The topological polar surface area (TPSA) is 79.7 Å². The first-order valence-corrected chi connectivity index (χ1v) is 8.89. The average molecular weight is 376 g/mol. The van der Waals surface area contributed by atoms with Crippen molar-refractivity contribution in [3.8, 4) is 0 Å². The standard InChI is InChI=1S/C13H22BrN5OS/c1-9-11(14)10(18(2)16-9)8-19-6-4-13(21-3,5-7-19)12(15)17-20/h20H,4-8H2,1-3H3,(H2,15,17). The first-order valence-electron chi connectivity index (χ1n) is 6.87. The number of oxime groups is 1. The number of hydrogen-bond acceptors (Lipinski definition) is 5. The maximum absolute atomic E-state index is 8.98. The van der Waals surface area contributed by atoms with Gasteiger partial charge in [-0.15, -0.1) is 0 Å². The molecule has 2 rings (SSSR count). The smallest absolute Gasteiger partial charge is 0.155 e. The number of piperidine rings is 1. The van der Waals surface area contributed by atoms with Crippen LogP contribution in [0.15, 0.2) is 9.63 Å². The number of hydrogen-bond donors (Lipinski definition) is 2. The molecule has 1 aromatic rings. The molecule has 3 N–H and O–H groups in total. The van der Waals surface area contributed by atoms with Gasteiger partial charge in [0.15, 0.2) is 5.84 Å². The molecule has 0 unspecified atom stereocenters. The van der Waals surface area contributed by atoms with Crippen molar-refractivity contribution in [2.45, 2.75) is 31.1 Å². The molecule has 118 valence electrons. The molecule has 1 saturated heterocycles. The lowest BCUT2D eigenvalue weighted by Gasteiger charge is -2.39. The summed E-state index contributed by atoms with van der Waals surface area (Å²) in [7, 11) is 1.97. The fourth-order valence-corrected chi connectivity index (χ4v) is 4.09. The van der Waals surface area contributed by atoms with Crippen molar-refractivity contribution in [3.63, 3.8) is 0 Å². The van der Waals surface area contributed by atoms with Gasteiger partial charge >= 0.3 is 0 Å². The lowest BCUT2D eigenvalue weighted by molar-refractivity contribution is 0.204. The minimum absolute atomic E-state index is 0.231. The van der Waals surface area contributed by atoms with Gasteiger partial charge in [0.05, 0.1) is 20.6 Å². The van der Waals surface area contributed by atoms with Gasteiger partial charge in [-0.25, -0.2) is 0 Å². The summed E-state index contributed by atoms with van der Waals surface area (Å²) in [6.07, 6.45) is 3.80. The molecule has 0 spiro atoms. The Balaban J connectivity index is 2.04. The summed E-state index contributed by atoms with van der Waals surface area (Å²) in [4.78, 5) is 2.39. The first kappa shape index (κ1) is 16.6. The highest BCUT2D eigenvalue weighted by atomic mass is 79.9.